The van der Waals surface area contributed by atoms with Gasteiger partial charge in [-0.15, -0.1) is 0 Å². The van der Waals surface area contributed by atoms with E-state index in [0.717, 1.165) is 0 Å². The molecule has 0 spiro atoms. The van der Waals surface area contributed by atoms with Crippen molar-refractivity contribution >= 4 is 11.9 Å². The average molecular weight is 309 g/mol. The van der Waals surface area contributed by atoms with E-state index >= 15 is 0 Å². The molecule has 120 valence electrons. The number of likely N-dealkylation sites (N-methyl/N-ethyl adjacent to an activating group) is 1. The first-order valence-electron chi connectivity index (χ1n) is 7.17. The number of esters is 1. The summed E-state index contributed by atoms with van der Waals surface area (Å²) in [5.74, 6) is -2.55. The van der Waals surface area contributed by atoms with Crippen molar-refractivity contribution in [1.82, 2.24) is 4.90 Å². The lowest BCUT2D eigenvalue weighted by molar-refractivity contribution is -0.153. The monoisotopic (exact) mass is 309 g/mol. The van der Waals surface area contributed by atoms with Crippen LogP contribution in [0, 0.1) is 11.7 Å². The molecule has 1 aliphatic heterocycles. The van der Waals surface area contributed by atoms with Gasteiger partial charge in [-0.2, -0.15) is 0 Å². The van der Waals surface area contributed by atoms with Crippen molar-refractivity contribution in [1.29, 1.82) is 0 Å². The largest absolute Gasteiger partial charge is 0.481 e. The van der Waals surface area contributed by atoms with Crippen LogP contribution in [0.15, 0.2) is 24.3 Å². The topological polar surface area (TPSA) is 66.8 Å². The SMILES string of the molecule is CC[C@]1(C(=O)OC)C[C@@H](C(=O)O)[C@H](c2ccc(F)cc2)N1C. The van der Waals surface area contributed by atoms with Gasteiger partial charge in [0, 0.05) is 6.04 Å². The lowest BCUT2D eigenvalue weighted by Gasteiger charge is -2.35. The predicted octanol–water partition coefficient (Wildman–Crippen LogP) is 2.22. The lowest BCUT2D eigenvalue weighted by Crippen LogP contribution is -2.49. The minimum Gasteiger partial charge on any atom is -0.481 e. The van der Waals surface area contributed by atoms with Crippen LogP contribution in [0.1, 0.15) is 31.4 Å². The Bertz CT molecular complexity index is 574. The van der Waals surface area contributed by atoms with Crippen LogP contribution in [0.3, 0.4) is 0 Å². The fourth-order valence-electron chi connectivity index (χ4n) is 3.45. The van der Waals surface area contributed by atoms with Crippen LogP contribution in [-0.2, 0) is 14.3 Å². The highest BCUT2D eigenvalue weighted by atomic mass is 19.1. The van der Waals surface area contributed by atoms with Gasteiger partial charge in [0.25, 0.3) is 0 Å². The minimum atomic E-state index is -0.975. The summed E-state index contributed by atoms with van der Waals surface area (Å²) >= 11 is 0. The molecule has 1 aromatic carbocycles. The zero-order valence-electron chi connectivity index (χ0n) is 12.9. The van der Waals surface area contributed by atoms with E-state index in [1.165, 1.54) is 19.2 Å². The zero-order chi connectivity index (χ0) is 16.5. The standard InChI is InChI=1S/C16H20FNO4/c1-4-16(15(21)22-3)9-12(14(19)20)13(18(16)2)10-5-7-11(17)8-6-10/h5-8,12-13H,4,9H2,1-3H3,(H,19,20)/t12-,13+,16-/m1/s1. The summed E-state index contributed by atoms with van der Waals surface area (Å²) < 4.78 is 18.0. The number of carbonyl (C=O) groups is 2. The second kappa shape index (κ2) is 6.04. The normalized spacial score (nSPS) is 28.5. The second-order valence-corrected chi connectivity index (χ2v) is 5.63. The van der Waals surface area contributed by atoms with Gasteiger partial charge in [-0.05, 0) is 37.6 Å². The van der Waals surface area contributed by atoms with Gasteiger partial charge in [-0.25, -0.2) is 4.39 Å². The molecule has 1 heterocycles. The molecule has 0 unspecified atom stereocenters. The van der Waals surface area contributed by atoms with Crippen molar-refractivity contribution < 1.29 is 23.8 Å². The third kappa shape index (κ3) is 2.47. The molecule has 22 heavy (non-hydrogen) atoms. The summed E-state index contributed by atoms with van der Waals surface area (Å²) in [5.41, 5.74) is -0.299. The fraction of sp³-hybridized carbons (Fsp3) is 0.500. The Hall–Kier alpha value is -1.95. The number of nitrogens with zero attached hydrogens (tertiary/aromatic N) is 1. The van der Waals surface area contributed by atoms with Gasteiger partial charge in [0.05, 0.1) is 13.0 Å². The molecule has 0 saturated carbocycles. The smallest absolute Gasteiger partial charge is 0.326 e. The number of carboxylic acid groups (broad SMARTS) is 1. The van der Waals surface area contributed by atoms with Gasteiger partial charge in [0.15, 0.2) is 0 Å². The number of carbonyl (C=O) groups excluding carboxylic acids is 1. The van der Waals surface area contributed by atoms with Crippen LogP contribution in [0.4, 0.5) is 4.39 Å². The maximum atomic E-state index is 13.1. The van der Waals surface area contributed by atoms with Gasteiger partial charge in [0.2, 0.25) is 0 Å². The van der Waals surface area contributed by atoms with Crippen LogP contribution in [-0.4, -0.2) is 41.6 Å². The predicted molar refractivity (Wildman–Crippen MR) is 77.7 cm³/mol. The summed E-state index contributed by atoms with van der Waals surface area (Å²) in [6.07, 6.45) is 0.613. The van der Waals surface area contributed by atoms with E-state index in [2.05, 4.69) is 0 Å². The third-order valence-corrected chi connectivity index (χ3v) is 4.71. The minimum absolute atomic E-state index is 0.171. The molecule has 0 bridgehead atoms. The number of methoxy groups -OCH3 is 1. The molecule has 1 N–H and O–H groups in total. The van der Waals surface area contributed by atoms with E-state index in [1.807, 2.05) is 6.92 Å². The maximum Gasteiger partial charge on any atom is 0.326 e. The fourth-order valence-corrected chi connectivity index (χ4v) is 3.45. The summed E-state index contributed by atoms with van der Waals surface area (Å²) in [6, 6.07) is 5.22. The first-order valence-corrected chi connectivity index (χ1v) is 7.17. The van der Waals surface area contributed by atoms with Crippen molar-refractivity contribution in [2.75, 3.05) is 14.2 Å². The van der Waals surface area contributed by atoms with Crippen molar-refractivity contribution in [3.8, 4) is 0 Å². The molecular weight excluding hydrogens is 289 g/mol. The summed E-state index contributed by atoms with van der Waals surface area (Å²) in [7, 11) is 3.02. The Morgan fingerprint density at radius 1 is 1.41 bits per heavy atom. The van der Waals surface area contributed by atoms with Gasteiger partial charge in [-0.3, -0.25) is 14.5 Å². The number of carboxylic acids is 1. The number of rotatable bonds is 4. The Morgan fingerprint density at radius 3 is 2.45 bits per heavy atom. The summed E-state index contributed by atoms with van der Waals surface area (Å²) in [4.78, 5) is 25.7. The Labute approximate surface area is 128 Å². The van der Waals surface area contributed by atoms with Crippen molar-refractivity contribution in [3.63, 3.8) is 0 Å². The van der Waals surface area contributed by atoms with Crippen LogP contribution >= 0.6 is 0 Å². The third-order valence-electron chi connectivity index (χ3n) is 4.71. The number of ether oxygens (including phenoxy) is 1. The lowest BCUT2D eigenvalue weighted by atomic mass is 9.87. The number of hydrogen-bond acceptors (Lipinski definition) is 4. The average Bonchev–Trinajstić information content (AvgIpc) is 2.81. The number of aliphatic carboxylic acids is 1. The van der Waals surface area contributed by atoms with E-state index < -0.39 is 29.4 Å². The second-order valence-electron chi connectivity index (χ2n) is 5.63. The van der Waals surface area contributed by atoms with E-state index in [9.17, 15) is 19.1 Å². The van der Waals surface area contributed by atoms with Crippen molar-refractivity contribution in [3.05, 3.63) is 35.6 Å². The van der Waals surface area contributed by atoms with Gasteiger partial charge in [-0.1, -0.05) is 19.1 Å². The van der Waals surface area contributed by atoms with Crippen LogP contribution in [0.5, 0.6) is 0 Å². The molecule has 0 aromatic heterocycles. The molecule has 1 fully saturated rings. The van der Waals surface area contributed by atoms with E-state index in [0.29, 0.717) is 12.0 Å². The van der Waals surface area contributed by atoms with E-state index in [4.69, 9.17) is 4.74 Å². The van der Waals surface area contributed by atoms with Crippen LogP contribution in [0.25, 0.3) is 0 Å². The van der Waals surface area contributed by atoms with E-state index in [-0.39, 0.29) is 12.2 Å². The number of benzene rings is 1. The molecule has 6 heteroatoms. The summed E-state index contributed by atoms with van der Waals surface area (Å²) in [6.45, 7) is 1.83. The van der Waals surface area contributed by atoms with Crippen molar-refractivity contribution in [2.45, 2.75) is 31.3 Å². The first kappa shape index (κ1) is 16.4. The zero-order valence-corrected chi connectivity index (χ0v) is 12.9. The molecule has 1 saturated heterocycles. The Balaban J connectivity index is 2.49. The molecule has 0 amide bonds. The Morgan fingerprint density at radius 2 is 2.00 bits per heavy atom. The highest BCUT2D eigenvalue weighted by Gasteiger charge is 2.56. The molecule has 1 aliphatic rings. The highest BCUT2D eigenvalue weighted by Crippen LogP contribution is 2.47. The Kier molecular flexibility index (Phi) is 4.51. The highest BCUT2D eigenvalue weighted by molar-refractivity contribution is 5.84. The molecule has 3 atom stereocenters. The molecule has 5 nitrogen and oxygen atoms in total. The molecular formula is C16H20FNO4. The van der Waals surface area contributed by atoms with Crippen LogP contribution < -0.4 is 0 Å². The summed E-state index contributed by atoms with van der Waals surface area (Å²) in [5, 5.41) is 9.55. The maximum absolute atomic E-state index is 13.1. The molecule has 0 aliphatic carbocycles. The molecule has 1 aromatic rings. The molecule has 0 radical (unpaired) electrons. The molecule has 2 rings (SSSR count). The quantitative estimate of drug-likeness (QED) is 0.864. The van der Waals surface area contributed by atoms with Crippen molar-refractivity contribution in [2.24, 2.45) is 5.92 Å². The number of hydrogen-bond donors (Lipinski definition) is 1. The number of likely N-dealkylation sites (tertiary alicyclic amines) is 1. The van der Waals surface area contributed by atoms with Crippen LogP contribution in [0.2, 0.25) is 0 Å². The van der Waals surface area contributed by atoms with Gasteiger partial charge >= 0.3 is 11.9 Å². The van der Waals surface area contributed by atoms with E-state index in [1.54, 1.807) is 24.1 Å². The number of halogens is 1. The first-order chi connectivity index (χ1) is 10.4. The van der Waals surface area contributed by atoms with Gasteiger partial charge in [0.1, 0.15) is 11.4 Å². The van der Waals surface area contributed by atoms with Gasteiger partial charge < -0.3 is 9.84 Å².